The van der Waals surface area contributed by atoms with E-state index in [0.717, 1.165) is 50.1 Å². The fraction of sp³-hybridized carbons (Fsp3) is 0.381. The van der Waals surface area contributed by atoms with Crippen LogP contribution in [0.25, 0.3) is 0 Å². The van der Waals surface area contributed by atoms with Gasteiger partial charge in [-0.25, -0.2) is 4.39 Å². The van der Waals surface area contributed by atoms with E-state index in [4.69, 9.17) is 11.6 Å². The molecule has 4 rings (SSSR count). The van der Waals surface area contributed by atoms with Crippen LogP contribution in [-0.2, 0) is 10.2 Å². The second kappa shape index (κ2) is 6.92. The summed E-state index contributed by atoms with van der Waals surface area (Å²) >= 11 is 6.14. The number of anilines is 1. The zero-order valence-corrected chi connectivity index (χ0v) is 15.4. The zero-order valence-electron chi connectivity index (χ0n) is 14.6. The van der Waals surface area contributed by atoms with Crippen LogP contribution in [0.15, 0.2) is 48.5 Å². The molecule has 2 fully saturated rings. The van der Waals surface area contributed by atoms with Crippen molar-refractivity contribution in [2.24, 2.45) is 0 Å². The lowest BCUT2D eigenvalue weighted by Crippen LogP contribution is -2.41. The van der Waals surface area contributed by atoms with Gasteiger partial charge in [0, 0.05) is 36.9 Å². The molecule has 0 unspecified atom stereocenters. The molecule has 1 heterocycles. The average molecular weight is 373 g/mol. The molecule has 2 aliphatic rings. The fourth-order valence-corrected chi connectivity index (χ4v) is 4.06. The van der Waals surface area contributed by atoms with E-state index in [9.17, 15) is 9.18 Å². The number of hydrogen-bond acceptors (Lipinski definition) is 2. The molecule has 136 valence electrons. The van der Waals surface area contributed by atoms with Crippen LogP contribution in [-0.4, -0.2) is 37.0 Å². The van der Waals surface area contributed by atoms with Crippen molar-refractivity contribution in [3.05, 3.63) is 64.9 Å². The SMILES string of the molecule is O=C(N1CCCN(c2ccc(F)cc2)CC1)C1(c2cccc(Cl)c2)CC1. The van der Waals surface area contributed by atoms with Crippen molar-refractivity contribution in [3.8, 4) is 0 Å². The van der Waals surface area contributed by atoms with Crippen molar-refractivity contribution in [3.63, 3.8) is 0 Å². The number of benzene rings is 2. The van der Waals surface area contributed by atoms with E-state index in [0.29, 0.717) is 11.6 Å². The zero-order chi connectivity index (χ0) is 18.1. The van der Waals surface area contributed by atoms with E-state index < -0.39 is 0 Å². The molecule has 0 aromatic heterocycles. The number of hydrogen-bond donors (Lipinski definition) is 0. The minimum atomic E-state index is -0.379. The summed E-state index contributed by atoms with van der Waals surface area (Å²) in [6.45, 7) is 3.10. The van der Waals surface area contributed by atoms with Gasteiger partial charge in [-0.15, -0.1) is 0 Å². The van der Waals surface area contributed by atoms with Crippen molar-refractivity contribution >= 4 is 23.2 Å². The smallest absolute Gasteiger partial charge is 0.233 e. The van der Waals surface area contributed by atoms with Crippen molar-refractivity contribution < 1.29 is 9.18 Å². The first kappa shape index (κ1) is 17.3. The maximum atomic E-state index is 13.2. The molecule has 0 spiro atoms. The van der Waals surface area contributed by atoms with Gasteiger partial charge in [0.1, 0.15) is 5.82 Å². The lowest BCUT2D eigenvalue weighted by molar-refractivity contribution is -0.133. The highest BCUT2D eigenvalue weighted by molar-refractivity contribution is 6.30. The molecule has 26 heavy (non-hydrogen) atoms. The minimum Gasteiger partial charge on any atom is -0.370 e. The Bertz CT molecular complexity index is 804. The van der Waals surface area contributed by atoms with E-state index in [1.165, 1.54) is 12.1 Å². The second-order valence-electron chi connectivity index (χ2n) is 7.20. The van der Waals surface area contributed by atoms with Gasteiger partial charge in [-0.3, -0.25) is 4.79 Å². The fourth-order valence-electron chi connectivity index (χ4n) is 3.87. The van der Waals surface area contributed by atoms with Crippen LogP contribution in [0.3, 0.4) is 0 Å². The number of halogens is 2. The minimum absolute atomic E-state index is 0.223. The third kappa shape index (κ3) is 3.30. The van der Waals surface area contributed by atoms with Crippen molar-refractivity contribution in [1.82, 2.24) is 4.90 Å². The molecule has 0 N–H and O–H groups in total. The largest absolute Gasteiger partial charge is 0.370 e. The summed E-state index contributed by atoms with van der Waals surface area (Å²) in [6.07, 6.45) is 2.70. The van der Waals surface area contributed by atoms with E-state index >= 15 is 0 Å². The van der Waals surface area contributed by atoms with Crippen LogP contribution >= 0.6 is 11.6 Å². The number of carbonyl (C=O) groups is 1. The first-order chi connectivity index (χ1) is 12.6. The first-order valence-corrected chi connectivity index (χ1v) is 9.52. The summed E-state index contributed by atoms with van der Waals surface area (Å²) in [5, 5.41) is 0.680. The number of nitrogens with zero attached hydrogens (tertiary/aromatic N) is 2. The molecule has 0 atom stereocenters. The molecule has 2 aromatic carbocycles. The summed E-state index contributed by atoms with van der Waals surface area (Å²) in [5.74, 6) is -0.00158. The predicted molar refractivity (Wildman–Crippen MR) is 102 cm³/mol. The van der Waals surface area contributed by atoms with Gasteiger partial charge >= 0.3 is 0 Å². The molecule has 3 nitrogen and oxygen atoms in total. The molecule has 1 saturated carbocycles. The number of rotatable bonds is 3. The van der Waals surface area contributed by atoms with E-state index in [1.54, 1.807) is 12.1 Å². The predicted octanol–water partition coefficient (Wildman–Crippen LogP) is 4.25. The highest BCUT2D eigenvalue weighted by Gasteiger charge is 2.53. The quantitative estimate of drug-likeness (QED) is 0.804. The van der Waals surface area contributed by atoms with Crippen LogP contribution < -0.4 is 4.90 Å². The van der Waals surface area contributed by atoms with Gasteiger partial charge in [0.2, 0.25) is 5.91 Å². The molecule has 1 amide bonds. The van der Waals surface area contributed by atoms with Gasteiger partial charge in [-0.1, -0.05) is 23.7 Å². The summed E-state index contributed by atoms with van der Waals surface area (Å²) in [7, 11) is 0. The standard InChI is InChI=1S/C21H22ClFN2O/c22-17-4-1-3-16(15-17)21(9-10-21)20(26)25-12-2-11-24(13-14-25)19-7-5-18(23)6-8-19/h1,3-8,15H,2,9-14H2. The molecule has 0 bridgehead atoms. The van der Waals surface area contributed by atoms with Gasteiger partial charge in [-0.05, 0) is 61.2 Å². The molecule has 5 heteroatoms. The average Bonchev–Trinajstić information content (AvgIpc) is 3.47. The molecule has 1 aliphatic carbocycles. The van der Waals surface area contributed by atoms with Crippen molar-refractivity contribution in [2.75, 3.05) is 31.1 Å². The van der Waals surface area contributed by atoms with E-state index in [1.807, 2.05) is 29.2 Å². The lowest BCUT2D eigenvalue weighted by atomic mass is 9.94. The van der Waals surface area contributed by atoms with Crippen molar-refractivity contribution in [2.45, 2.75) is 24.7 Å². The van der Waals surface area contributed by atoms with Crippen LogP contribution in [0, 0.1) is 5.82 Å². The van der Waals surface area contributed by atoms with Crippen molar-refractivity contribution in [1.29, 1.82) is 0 Å². The Labute approximate surface area is 158 Å². The Morgan fingerprint density at radius 2 is 1.77 bits per heavy atom. The Morgan fingerprint density at radius 1 is 1.00 bits per heavy atom. The van der Waals surface area contributed by atoms with Gasteiger partial charge in [0.15, 0.2) is 0 Å². The van der Waals surface area contributed by atoms with E-state index in [-0.39, 0.29) is 17.1 Å². The van der Waals surface area contributed by atoms with Gasteiger partial charge in [0.25, 0.3) is 0 Å². The number of carbonyl (C=O) groups excluding carboxylic acids is 1. The Balaban J connectivity index is 1.47. The molecular formula is C21H22ClFN2O. The highest BCUT2D eigenvalue weighted by Crippen LogP contribution is 2.50. The first-order valence-electron chi connectivity index (χ1n) is 9.14. The normalized spacial score (nSPS) is 19.2. The molecule has 1 aliphatic heterocycles. The second-order valence-corrected chi connectivity index (χ2v) is 7.64. The van der Waals surface area contributed by atoms with Gasteiger partial charge < -0.3 is 9.80 Å². The summed E-state index contributed by atoms with van der Waals surface area (Å²) in [6, 6.07) is 14.3. The molecule has 2 aromatic rings. The van der Waals surface area contributed by atoms with E-state index in [2.05, 4.69) is 4.90 Å². The van der Waals surface area contributed by atoms with Gasteiger partial charge in [0.05, 0.1) is 5.41 Å². The Hall–Kier alpha value is -2.07. The highest BCUT2D eigenvalue weighted by atomic mass is 35.5. The van der Waals surface area contributed by atoms with Crippen LogP contribution in [0.4, 0.5) is 10.1 Å². The summed E-state index contributed by atoms with van der Waals surface area (Å²) < 4.78 is 13.1. The molecular weight excluding hydrogens is 351 g/mol. The summed E-state index contributed by atoms with van der Waals surface area (Å²) in [5.41, 5.74) is 1.67. The Morgan fingerprint density at radius 3 is 2.46 bits per heavy atom. The van der Waals surface area contributed by atoms with Crippen LogP contribution in [0.2, 0.25) is 5.02 Å². The molecule has 0 radical (unpaired) electrons. The maximum Gasteiger partial charge on any atom is 0.233 e. The van der Waals surface area contributed by atoms with Crippen LogP contribution in [0.1, 0.15) is 24.8 Å². The number of amides is 1. The maximum absolute atomic E-state index is 13.2. The summed E-state index contributed by atoms with van der Waals surface area (Å²) in [4.78, 5) is 17.5. The third-order valence-electron chi connectivity index (χ3n) is 5.51. The Kier molecular flexibility index (Phi) is 4.62. The molecule has 1 saturated heterocycles. The monoisotopic (exact) mass is 372 g/mol. The topological polar surface area (TPSA) is 23.6 Å². The lowest BCUT2D eigenvalue weighted by Gasteiger charge is -2.27. The van der Waals surface area contributed by atoms with Gasteiger partial charge in [-0.2, -0.15) is 0 Å². The van der Waals surface area contributed by atoms with Crippen LogP contribution in [0.5, 0.6) is 0 Å². The third-order valence-corrected chi connectivity index (χ3v) is 5.75.